The van der Waals surface area contributed by atoms with Crippen LogP contribution >= 0.6 is 23.1 Å². The van der Waals surface area contributed by atoms with Crippen molar-refractivity contribution in [3.63, 3.8) is 0 Å². The smallest absolute Gasteiger partial charge is 0.235 e. The molecule has 0 bridgehead atoms. The lowest BCUT2D eigenvalue weighted by molar-refractivity contribution is -0.113. The number of hydrogen-bond donors (Lipinski definition) is 1. The van der Waals surface area contributed by atoms with Crippen molar-refractivity contribution in [1.29, 1.82) is 5.26 Å². The number of anilines is 1. The van der Waals surface area contributed by atoms with Gasteiger partial charge in [0.2, 0.25) is 5.91 Å². The molecule has 1 aliphatic carbocycles. The lowest BCUT2D eigenvalue weighted by Crippen LogP contribution is -2.28. The normalized spacial score (nSPS) is 16.1. The average Bonchev–Trinajstić information content (AvgIpc) is 3.32. The zero-order chi connectivity index (χ0) is 23.5. The van der Waals surface area contributed by atoms with Gasteiger partial charge >= 0.3 is 0 Å². The molecule has 8 heteroatoms. The van der Waals surface area contributed by atoms with E-state index in [1.807, 2.05) is 0 Å². The van der Waals surface area contributed by atoms with Crippen molar-refractivity contribution in [2.45, 2.75) is 91.3 Å². The van der Waals surface area contributed by atoms with E-state index in [2.05, 4.69) is 67.7 Å². The number of fused-ring (bicyclic) bond motifs is 1. The number of thiophene rings is 1. The Kier molecular flexibility index (Phi) is 8.05. The van der Waals surface area contributed by atoms with Gasteiger partial charge in [-0.05, 0) is 42.6 Å². The number of nitrogens with zero attached hydrogens (tertiary/aromatic N) is 4. The van der Waals surface area contributed by atoms with Gasteiger partial charge in [0.1, 0.15) is 16.9 Å². The number of rotatable bonds is 9. The first kappa shape index (κ1) is 24.8. The molecule has 0 saturated carbocycles. The summed E-state index contributed by atoms with van der Waals surface area (Å²) in [4.78, 5) is 14.0. The molecule has 32 heavy (non-hydrogen) atoms. The molecule has 2 heterocycles. The summed E-state index contributed by atoms with van der Waals surface area (Å²) in [6.07, 6.45) is 5.16. The monoisotopic (exact) mass is 473 g/mol. The molecule has 2 aromatic heterocycles. The second kappa shape index (κ2) is 10.4. The maximum Gasteiger partial charge on any atom is 0.235 e. The predicted molar refractivity (Wildman–Crippen MR) is 132 cm³/mol. The lowest BCUT2D eigenvalue weighted by atomic mass is 9.69. The molecule has 0 fully saturated rings. The third-order valence-corrected chi connectivity index (χ3v) is 8.82. The molecular weight excluding hydrogens is 438 g/mol. The maximum absolute atomic E-state index is 12.8. The second-order valence-corrected chi connectivity index (χ2v) is 11.6. The summed E-state index contributed by atoms with van der Waals surface area (Å²) in [7, 11) is 0. The Morgan fingerprint density at radius 1 is 1.38 bits per heavy atom. The van der Waals surface area contributed by atoms with Crippen LogP contribution < -0.4 is 5.32 Å². The number of carbonyl (C=O) groups excluding carboxylic acids is 1. The number of carbonyl (C=O) groups is 1. The van der Waals surface area contributed by atoms with Crippen LogP contribution in [0, 0.1) is 22.7 Å². The fourth-order valence-electron chi connectivity index (χ4n) is 4.31. The first-order chi connectivity index (χ1) is 15.2. The Labute approximate surface area is 200 Å². The number of nitriles is 1. The molecule has 6 nitrogen and oxygen atoms in total. The minimum absolute atomic E-state index is 0.104. The lowest BCUT2D eigenvalue weighted by Gasteiger charge is -2.36. The van der Waals surface area contributed by atoms with E-state index in [1.54, 1.807) is 11.3 Å². The molecular formula is C24H35N5OS2. The maximum atomic E-state index is 12.8. The summed E-state index contributed by atoms with van der Waals surface area (Å²) in [6.45, 7) is 14.1. The molecule has 174 valence electrons. The van der Waals surface area contributed by atoms with Crippen LogP contribution in [0.15, 0.2) is 5.16 Å². The number of nitrogens with one attached hydrogen (secondary N) is 1. The molecule has 1 atom stereocenters. The summed E-state index contributed by atoms with van der Waals surface area (Å²) in [5.41, 5.74) is 2.10. The van der Waals surface area contributed by atoms with Gasteiger partial charge < -0.3 is 9.88 Å². The minimum Gasteiger partial charge on any atom is -0.316 e. The first-order valence-corrected chi connectivity index (χ1v) is 13.4. The predicted octanol–water partition coefficient (Wildman–Crippen LogP) is 6.02. The topological polar surface area (TPSA) is 83.6 Å². The van der Waals surface area contributed by atoms with Crippen LogP contribution in [0.3, 0.4) is 0 Å². The van der Waals surface area contributed by atoms with Gasteiger partial charge in [0, 0.05) is 17.3 Å². The van der Waals surface area contributed by atoms with Crippen LogP contribution in [-0.4, -0.2) is 26.4 Å². The molecule has 0 radical (unpaired) electrons. The zero-order valence-corrected chi connectivity index (χ0v) is 21.8. The number of thioether (sulfide) groups is 1. The first-order valence-electron chi connectivity index (χ1n) is 11.6. The fourth-order valence-corrected chi connectivity index (χ4v) is 6.37. The van der Waals surface area contributed by atoms with Gasteiger partial charge in [-0.1, -0.05) is 59.7 Å². The van der Waals surface area contributed by atoms with Crippen molar-refractivity contribution in [3.05, 3.63) is 21.8 Å². The number of hydrogen-bond acceptors (Lipinski definition) is 6. The number of amides is 1. The molecule has 0 spiro atoms. The molecule has 3 rings (SSSR count). The van der Waals surface area contributed by atoms with Crippen LogP contribution in [0.4, 0.5) is 5.00 Å². The van der Waals surface area contributed by atoms with E-state index < -0.39 is 0 Å². The van der Waals surface area contributed by atoms with E-state index in [4.69, 9.17) is 0 Å². The molecule has 0 aliphatic heterocycles. The van der Waals surface area contributed by atoms with E-state index in [1.165, 1.54) is 16.6 Å². The van der Waals surface area contributed by atoms with Gasteiger partial charge in [-0.3, -0.25) is 4.79 Å². The summed E-state index contributed by atoms with van der Waals surface area (Å²) >= 11 is 3.00. The van der Waals surface area contributed by atoms with Gasteiger partial charge in [-0.15, -0.1) is 21.5 Å². The highest BCUT2D eigenvalue weighted by molar-refractivity contribution is 7.99. The minimum atomic E-state index is -0.104. The van der Waals surface area contributed by atoms with Gasteiger partial charge in [0.25, 0.3) is 0 Å². The second-order valence-electron chi connectivity index (χ2n) is 9.59. The molecule has 0 aromatic carbocycles. The van der Waals surface area contributed by atoms with Crippen molar-refractivity contribution in [2.75, 3.05) is 11.1 Å². The molecule has 1 unspecified atom stereocenters. The summed E-state index contributed by atoms with van der Waals surface area (Å²) < 4.78 is 2.11. The standard InChI is InChI=1S/C24H35N5OS2/c1-7-11-29-21(15(3)4)27-28-23(29)31-14-20(30)26-22-18(13-25)17-10-9-16(12-19(17)32-22)24(5,6)8-2/h15-16H,7-12,14H2,1-6H3,(H,26,30). The average molecular weight is 474 g/mol. The molecule has 1 N–H and O–H groups in total. The highest BCUT2D eigenvalue weighted by Gasteiger charge is 2.34. The van der Waals surface area contributed by atoms with Crippen molar-refractivity contribution in [1.82, 2.24) is 14.8 Å². The van der Waals surface area contributed by atoms with E-state index in [0.717, 1.165) is 55.2 Å². The Bertz CT molecular complexity index is 999. The van der Waals surface area contributed by atoms with E-state index in [-0.39, 0.29) is 23.0 Å². The summed E-state index contributed by atoms with van der Waals surface area (Å²) in [6, 6.07) is 2.35. The third-order valence-electron chi connectivity index (χ3n) is 6.69. The van der Waals surface area contributed by atoms with Crippen LogP contribution in [0.5, 0.6) is 0 Å². The van der Waals surface area contributed by atoms with Gasteiger partial charge in [-0.25, -0.2) is 0 Å². The van der Waals surface area contributed by atoms with E-state index >= 15 is 0 Å². The quantitative estimate of drug-likeness (QED) is 0.450. The van der Waals surface area contributed by atoms with Crippen LogP contribution in [0.25, 0.3) is 0 Å². The van der Waals surface area contributed by atoms with Gasteiger partial charge in [0.05, 0.1) is 11.3 Å². The Balaban J connectivity index is 1.70. The van der Waals surface area contributed by atoms with Crippen molar-refractivity contribution < 1.29 is 4.79 Å². The largest absolute Gasteiger partial charge is 0.316 e. The molecule has 1 amide bonds. The summed E-state index contributed by atoms with van der Waals surface area (Å²) in [5.74, 6) is 2.00. The van der Waals surface area contributed by atoms with Crippen LogP contribution in [-0.2, 0) is 24.2 Å². The third kappa shape index (κ3) is 5.20. The Morgan fingerprint density at radius 2 is 2.12 bits per heavy atom. The summed E-state index contributed by atoms with van der Waals surface area (Å²) in [5, 5.41) is 22.9. The highest BCUT2D eigenvalue weighted by atomic mass is 32.2. The fraction of sp³-hybridized carbons (Fsp3) is 0.667. The Morgan fingerprint density at radius 3 is 2.75 bits per heavy atom. The van der Waals surface area contributed by atoms with Crippen LogP contribution in [0.1, 0.15) is 88.6 Å². The molecule has 1 aliphatic rings. The molecule has 0 saturated heterocycles. The van der Waals surface area contributed by atoms with E-state index in [9.17, 15) is 10.1 Å². The van der Waals surface area contributed by atoms with Gasteiger partial charge in [0.15, 0.2) is 5.16 Å². The van der Waals surface area contributed by atoms with Crippen molar-refractivity contribution in [2.24, 2.45) is 11.3 Å². The van der Waals surface area contributed by atoms with Crippen LogP contribution in [0.2, 0.25) is 0 Å². The van der Waals surface area contributed by atoms with E-state index in [0.29, 0.717) is 16.5 Å². The van der Waals surface area contributed by atoms with Crippen molar-refractivity contribution in [3.8, 4) is 6.07 Å². The SMILES string of the molecule is CCCn1c(SCC(=O)Nc2sc3c(c2C#N)CCC(C(C)(C)CC)C3)nnc1C(C)C. The van der Waals surface area contributed by atoms with Crippen molar-refractivity contribution >= 4 is 34.0 Å². The number of aromatic nitrogens is 3. The van der Waals surface area contributed by atoms with Gasteiger partial charge in [-0.2, -0.15) is 5.26 Å². The molecule has 2 aromatic rings. The zero-order valence-electron chi connectivity index (χ0n) is 20.1. The Hall–Kier alpha value is -1.85. The highest BCUT2D eigenvalue weighted by Crippen LogP contribution is 2.45.